The highest BCUT2D eigenvalue weighted by molar-refractivity contribution is 6.35. The number of benzene rings is 2. The monoisotopic (exact) mass is 441 g/mol. The summed E-state index contributed by atoms with van der Waals surface area (Å²) in [7, 11) is 1.84. The molecular weight excluding hydrogens is 414 g/mol. The molecule has 2 heterocycles. The lowest BCUT2D eigenvalue weighted by Crippen LogP contribution is -2.33. The molecule has 0 fully saturated rings. The van der Waals surface area contributed by atoms with Gasteiger partial charge >= 0.3 is 0 Å². The van der Waals surface area contributed by atoms with Gasteiger partial charge in [0, 0.05) is 19.8 Å². The number of carbonyl (C=O) groups is 2. The average Bonchev–Trinajstić information content (AvgIpc) is 3.09. The van der Waals surface area contributed by atoms with E-state index in [1.54, 1.807) is 6.20 Å². The third-order valence-electron chi connectivity index (χ3n) is 5.45. The van der Waals surface area contributed by atoms with Gasteiger partial charge in [-0.15, -0.1) is 0 Å². The molecule has 1 aliphatic rings. The predicted octanol–water partition coefficient (Wildman–Crippen LogP) is 4.28. The Morgan fingerprint density at radius 1 is 0.909 bits per heavy atom. The van der Waals surface area contributed by atoms with Gasteiger partial charge in [0.1, 0.15) is 11.4 Å². The Bertz CT molecular complexity index is 1140. The van der Waals surface area contributed by atoms with Gasteiger partial charge < -0.3 is 9.64 Å². The van der Waals surface area contributed by atoms with Crippen LogP contribution in [0.3, 0.4) is 0 Å². The van der Waals surface area contributed by atoms with E-state index in [0.717, 1.165) is 17.7 Å². The van der Waals surface area contributed by atoms with Gasteiger partial charge in [0.05, 0.1) is 24.4 Å². The van der Waals surface area contributed by atoms with E-state index in [9.17, 15) is 9.59 Å². The summed E-state index contributed by atoms with van der Waals surface area (Å²) in [6.07, 6.45) is 2.57. The van der Waals surface area contributed by atoms with Crippen molar-refractivity contribution in [2.24, 2.45) is 0 Å². The number of pyridine rings is 1. The molecule has 0 bridgehead atoms. The Labute approximate surface area is 194 Å². The van der Waals surface area contributed by atoms with Crippen LogP contribution in [0, 0.1) is 0 Å². The SMILES string of the molecule is CCCOc1ccc(C2=C(N(C)Cc3ccccc3)C(=O)N(Cc3ccccn3)C2=O)cc1. The van der Waals surface area contributed by atoms with Crippen LogP contribution >= 0.6 is 0 Å². The van der Waals surface area contributed by atoms with Crippen LogP contribution in [0.2, 0.25) is 0 Å². The molecule has 1 aliphatic heterocycles. The Morgan fingerprint density at radius 2 is 1.64 bits per heavy atom. The molecule has 0 aliphatic carbocycles. The van der Waals surface area contributed by atoms with E-state index in [2.05, 4.69) is 4.98 Å². The van der Waals surface area contributed by atoms with E-state index < -0.39 is 0 Å². The van der Waals surface area contributed by atoms with Crippen LogP contribution in [0.4, 0.5) is 0 Å². The average molecular weight is 442 g/mol. The van der Waals surface area contributed by atoms with Crippen LogP contribution in [0.5, 0.6) is 5.75 Å². The third-order valence-corrected chi connectivity index (χ3v) is 5.45. The number of likely N-dealkylation sites (N-methyl/N-ethyl adjacent to an activating group) is 1. The summed E-state index contributed by atoms with van der Waals surface area (Å²) in [6, 6.07) is 22.7. The van der Waals surface area contributed by atoms with Gasteiger partial charge in [-0.05, 0) is 41.8 Å². The molecule has 0 unspecified atom stereocenters. The van der Waals surface area contributed by atoms with E-state index in [1.165, 1.54) is 4.90 Å². The van der Waals surface area contributed by atoms with Crippen molar-refractivity contribution in [1.82, 2.24) is 14.8 Å². The molecule has 33 heavy (non-hydrogen) atoms. The first kappa shape index (κ1) is 22.3. The lowest BCUT2D eigenvalue weighted by molar-refractivity contribution is -0.138. The van der Waals surface area contributed by atoms with Gasteiger partial charge in [0.25, 0.3) is 11.8 Å². The minimum atomic E-state index is -0.317. The molecule has 0 N–H and O–H groups in total. The minimum Gasteiger partial charge on any atom is -0.494 e. The summed E-state index contributed by atoms with van der Waals surface area (Å²) in [5.74, 6) is 0.107. The second-order valence-corrected chi connectivity index (χ2v) is 7.96. The van der Waals surface area contributed by atoms with Gasteiger partial charge in [-0.25, -0.2) is 0 Å². The number of aromatic nitrogens is 1. The van der Waals surface area contributed by atoms with Crippen LogP contribution in [-0.4, -0.2) is 40.3 Å². The van der Waals surface area contributed by atoms with E-state index >= 15 is 0 Å². The smallest absolute Gasteiger partial charge is 0.278 e. The molecule has 0 atom stereocenters. The zero-order chi connectivity index (χ0) is 23.2. The van der Waals surface area contributed by atoms with Gasteiger partial charge in [-0.2, -0.15) is 0 Å². The molecule has 0 spiro atoms. The van der Waals surface area contributed by atoms with Gasteiger partial charge in [-0.3, -0.25) is 19.5 Å². The van der Waals surface area contributed by atoms with Crippen molar-refractivity contribution in [3.05, 3.63) is 102 Å². The fourth-order valence-electron chi connectivity index (χ4n) is 3.85. The highest BCUT2D eigenvalue weighted by Crippen LogP contribution is 2.33. The molecule has 6 nitrogen and oxygen atoms in total. The van der Waals surface area contributed by atoms with Crippen molar-refractivity contribution in [2.45, 2.75) is 26.4 Å². The Kier molecular flexibility index (Phi) is 6.83. The number of ether oxygens (including phenoxy) is 1. The summed E-state index contributed by atoms with van der Waals surface area (Å²) in [6.45, 7) is 3.31. The van der Waals surface area contributed by atoms with Gasteiger partial charge in [0.15, 0.2) is 0 Å². The zero-order valence-corrected chi connectivity index (χ0v) is 18.9. The summed E-state index contributed by atoms with van der Waals surface area (Å²) in [5.41, 5.74) is 3.20. The molecule has 4 rings (SSSR count). The fourth-order valence-corrected chi connectivity index (χ4v) is 3.85. The van der Waals surface area contributed by atoms with E-state index in [-0.39, 0.29) is 18.4 Å². The molecule has 0 saturated heterocycles. The maximum absolute atomic E-state index is 13.5. The number of imide groups is 1. The lowest BCUT2D eigenvalue weighted by Gasteiger charge is -2.21. The maximum atomic E-state index is 13.5. The first-order valence-corrected chi connectivity index (χ1v) is 11.1. The first-order chi connectivity index (χ1) is 16.1. The van der Waals surface area contributed by atoms with Crippen LogP contribution in [-0.2, 0) is 22.7 Å². The maximum Gasteiger partial charge on any atom is 0.278 e. The summed E-state index contributed by atoms with van der Waals surface area (Å²) < 4.78 is 5.68. The Balaban J connectivity index is 1.69. The fraction of sp³-hybridized carbons (Fsp3) is 0.222. The molecule has 0 radical (unpaired) electrons. The Hall–Kier alpha value is -3.93. The van der Waals surface area contributed by atoms with Crippen molar-refractivity contribution < 1.29 is 14.3 Å². The lowest BCUT2D eigenvalue weighted by atomic mass is 10.0. The number of hydrogen-bond acceptors (Lipinski definition) is 5. The van der Waals surface area contributed by atoms with Crippen molar-refractivity contribution in [3.63, 3.8) is 0 Å². The van der Waals surface area contributed by atoms with Crippen molar-refractivity contribution in [3.8, 4) is 5.75 Å². The molecule has 2 amide bonds. The predicted molar refractivity (Wildman–Crippen MR) is 127 cm³/mol. The van der Waals surface area contributed by atoms with Crippen LogP contribution in [0.25, 0.3) is 5.57 Å². The van der Waals surface area contributed by atoms with Crippen LogP contribution in [0.1, 0.15) is 30.2 Å². The second-order valence-electron chi connectivity index (χ2n) is 7.96. The van der Waals surface area contributed by atoms with E-state index in [0.29, 0.717) is 35.7 Å². The minimum absolute atomic E-state index is 0.127. The topological polar surface area (TPSA) is 62.7 Å². The molecule has 3 aromatic rings. The molecular formula is C27H27N3O3. The van der Waals surface area contributed by atoms with E-state index in [4.69, 9.17) is 4.74 Å². The highest BCUT2D eigenvalue weighted by Gasteiger charge is 2.40. The Morgan fingerprint density at radius 3 is 2.30 bits per heavy atom. The zero-order valence-electron chi connectivity index (χ0n) is 18.9. The number of rotatable bonds is 9. The summed E-state index contributed by atoms with van der Waals surface area (Å²) >= 11 is 0. The quantitative estimate of drug-likeness (QED) is 0.464. The molecule has 168 valence electrons. The summed E-state index contributed by atoms with van der Waals surface area (Å²) in [5, 5.41) is 0. The number of amides is 2. The van der Waals surface area contributed by atoms with Crippen LogP contribution < -0.4 is 4.74 Å². The highest BCUT2D eigenvalue weighted by atomic mass is 16.5. The molecule has 6 heteroatoms. The van der Waals surface area contributed by atoms with Crippen molar-refractivity contribution >= 4 is 17.4 Å². The van der Waals surface area contributed by atoms with E-state index in [1.807, 2.05) is 91.7 Å². The normalized spacial score (nSPS) is 13.6. The van der Waals surface area contributed by atoms with Gasteiger partial charge in [0.2, 0.25) is 0 Å². The second kappa shape index (κ2) is 10.1. The molecule has 0 saturated carbocycles. The van der Waals surface area contributed by atoms with Crippen molar-refractivity contribution in [1.29, 1.82) is 0 Å². The number of hydrogen-bond donors (Lipinski definition) is 0. The number of carbonyl (C=O) groups excluding carboxylic acids is 2. The third kappa shape index (κ3) is 4.95. The van der Waals surface area contributed by atoms with Crippen molar-refractivity contribution in [2.75, 3.05) is 13.7 Å². The largest absolute Gasteiger partial charge is 0.494 e. The molecule has 2 aromatic carbocycles. The standard InChI is InChI=1S/C27H27N3O3/c1-3-17-33-23-14-12-21(13-15-23)24-25(29(2)18-20-9-5-4-6-10-20)27(32)30(26(24)31)19-22-11-7-8-16-28-22/h4-16H,3,17-19H2,1-2H3. The number of nitrogens with zero attached hydrogens (tertiary/aromatic N) is 3. The van der Waals surface area contributed by atoms with Crippen LogP contribution in [0.15, 0.2) is 84.7 Å². The first-order valence-electron chi connectivity index (χ1n) is 11.1. The summed E-state index contributed by atoms with van der Waals surface area (Å²) in [4.78, 5) is 34.4. The van der Waals surface area contributed by atoms with Gasteiger partial charge in [-0.1, -0.05) is 55.5 Å². The molecule has 1 aromatic heterocycles.